The molecule has 0 saturated heterocycles. The maximum absolute atomic E-state index is 12.5. The second kappa shape index (κ2) is 9.02. The molecule has 0 aromatic carbocycles. The lowest BCUT2D eigenvalue weighted by Gasteiger charge is -2.23. The Morgan fingerprint density at radius 1 is 1.32 bits per heavy atom. The topological polar surface area (TPSA) is 78.4 Å². The second-order valence-electron chi connectivity index (χ2n) is 5.81. The summed E-state index contributed by atoms with van der Waals surface area (Å²) >= 11 is 0.921. The molecule has 25 heavy (non-hydrogen) atoms. The summed E-state index contributed by atoms with van der Waals surface area (Å²) < 4.78 is 37.5. The molecule has 0 bridgehead atoms. The quantitative estimate of drug-likeness (QED) is 0.543. The van der Waals surface area contributed by atoms with Crippen LogP contribution in [-0.2, 0) is 17.5 Å². The van der Waals surface area contributed by atoms with Gasteiger partial charge in [-0.15, -0.1) is 11.3 Å². The van der Waals surface area contributed by atoms with Crippen molar-refractivity contribution in [1.29, 1.82) is 0 Å². The fraction of sp³-hybridized carbons (Fsp3) is 0.667. The van der Waals surface area contributed by atoms with Crippen LogP contribution in [0.1, 0.15) is 42.8 Å². The van der Waals surface area contributed by atoms with Crippen molar-refractivity contribution in [2.75, 3.05) is 13.6 Å². The fourth-order valence-corrected chi connectivity index (χ4v) is 3.33. The van der Waals surface area contributed by atoms with Crippen molar-refractivity contribution in [3.63, 3.8) is 0 Å². The molecule has 1 aromatic rings. The van der Waals surface area contributed by atoms with Gasteiger partial charge in [0, 0.05) is 18.5 Å². The summed E-state index contributed by atoms with van der Waals surface area (Å²) in [4.78, 5) is 19.4. The number of guanidine groups is 1. The van der Waals surface area contributed by atoms with E-state index in [1.54, 1.807) is 0 Å². The van der Waals surface area contributed by atoms with Gasteiger partial charge < -0.3 is 16.0 Å². The zero-order valence-corrected chi connectivity index (χ0v) is 14.8. The summed E-state index contributed by atoms with van der Waals surface area (Å²) in [5.74, 6) is 0.214. The Labute approximate surface area is 148 Å². The summed E-state index contributed by atoms with van der Waals surface area (Å²) in [5.41, 5.74) is -0.899. The lowest BCUT2D eigenvalue weighted by molar-refractivity contribution is -0.140. The molecule has 1 amide bonds. The van der Waals surface area contributed by atoms with E-state index in [1.807, 2.05) is 0 Å². The Kier molecular flexibility index (Phi) is 7.03. The van der Waals surface area contributed by atoms with E-state index in [4.69, 9.17) is 0 Å². The standard InChI is InChI=1S/C15H22F3N5OS/c1-19-14(20-7-12(24)22-10-5-3-2-4-6-10)21-8-13-23-11(9-25-13)15(16,17)18/h9-10H,2-8H2,1H3,(H,22,24)(H2,19,20,21). The van der Waals surface area contributed by atoms with E-state index in [0.29, 0.717) is 11.0 Å². The normalized spacial score (nSPS) is 16.6. The van der Waals surface area contributed by atoms with Crippen LogP contribution >= 0.6 is 11.3 Å². The van der Waals surface area contributed by atoms with Crippen LogP contribution in [0.3, 0.4) is 0 Å². The Morgan fingerprint density at radius 3 is 2.64 bits per heavy atom. The van der Waals surface area contributed by atoms with Crippen molar-refractivity contribution >= 4 is 23.2 Å². The van der Waals surface area contributed by atoms with Crippen LogP contribution in [0.4, 0.5) is 13.2 Å². The maximum atomic E-state index is 12.5. The molecule has 3 N–H and O–H groups in total. The second-order valence-corrected chi connectivity index (χ2v) is 6.75. The highest BCUT2D eigenvalue weighted by atomic mass is 32.1. The molecule has 6 nitrogen and oxygen atoms in total. The van der Waals surface area contributed by atoms with Crippen LogP contribution in [0.25, 0.3) is 0 Å². The van der Waals surface area contributed by atoms with E-state index < -0.39 is 11.9 Å². The molecule has 1 aliphatic rings. The van der Waals surface area contributed by atoms with Crippen molar-refractivity contribution < 1.29 is 18.0 Å². The molecule has 0 unspecified atom stereocenters. The number of nitrogens with zero attached hydrogens (tertiary/aromatic N) is 2. The molecule has 10 heteroatoms. The summed E-state index contributed by atoms with van der Waals surface area (Å²) in [6, 6.07) is 0.231. The number of carbonyl (C=O) groups is 1. The van der Waals surface area contributed by atoms with E-state index in [1.165, 1.54) is 13.5 Å². The minimum absolute atomic E-state index is 0.0574. The van der Waals surface area contributed by atoms with Gasteiger partial charge in [-0.1, -0.05) is 19.3 Å². The van der Waals surface area contributed by atoms with Gasteiger partial charge in [-0.25, -0.2) is 4.98 Å². The highest BCUT2D eigenvalue weighted by Crippen LogP contribution is 2.29. The number of rotatable bonds is 5. The van der Waals surface area contributed by atoms with Gasteiger partial charge in [-0.05, 0) is 12.8 Å². The third-order valence-electron chi connectivity index (χ3n) is 3.86. The van der Waals surface area contributed by atoms with Gasteiger partial charge in [0.05, 0.1) is 13.1 Å². The Bertz CT molecular complexity index is 596. The van der Waals surface area contributed by atoms with Crippen molar-refractivity contribution in [3.05, 3.63) is 16.1 Å². The van der Waals surface area contributed by atoms with Crippen molar-refractivity contribution in [3.8, 4) is 0 Å². The highest BCUT2D eigenvalue weighted by molar-refractivity contribution is 7.09. The van der Waals surface area contributed by atoms with Gasteiger partial charge >= 0.3 is 6.18 Å². The summed E-state index contributed by atoms with van der Waals surface area (Å²) in [7, 11) is 1.53. The molecule has 140 valence electrons. The average molecular weight is 377 g/mol. The van der Waals surface area contributed by atoms with E-state index in [0.717, 1.165) is 42.4 Å². The van der Waals surface area contributed by atoms with Gasteiger partial charge in [-0.3, -0.25) is 9.79 Å². The fourth-order valence-electron chi connectivity index (χ4n) is 2.59. The third-order valence-corrected chi connectivity index (χ3v) is 4.71. The number of aliphatic imine (C=N–C) groups is 1. The van der Waals surface area contributed by atoms with Crippen LogP contribution in [0, 0.1) is 0 Å². The lowest BCUT2D eigenvalue weighted by atomic mass is 9.95. The third kappa shape index (κ3) is 6.52. The SMILES string of the molecule is CN=C(NCC(=O)NC1CCCCC1)NCc1nc(C(F)(F)F)cs1. The zero-order valence-electron chi connectivity index (χ0n) is 13.9. The molecule has 1 heterocycles. The lowest BCUT2D eigenvalue weighted by Crippen LogP contribution is -2.45. The Morgan fingerprint density at radius 2 is 2.04 bits per heavy atom. The van der Waals surface area contributed by atoms with E-state index in [9.17, 15) is 18.0 Å². The number of alkyl halides is 3. The first-order valence-corrected chi connectivity index (χ1v) is 9.02. The van der Waals surface area contributed by atoms with Crippen LogP contribution in [0.5, 0.6) is 0 Å². The van der Waals surface area contributed by atoms with Gasteiger partial charge in [0.15, 0.2) is 11.7 Å². The number of thiazole rings is 1. The zero-order chi connectivity index (χ0) is 18.3. The van der Waals surface area contributed by atoms with E-state index in [2.05, 4.69) is 25.9 Å². The van der Waals surface area contributed by atoms with Crippen LogP contribution in [0.15, 0.2) is 10.4 Å². The molecule has 0 radical (unpaired) electrons. The van der Waals surface area contributed by atoms with E-state index >= 15 is 0 Å². The maximum Gasteiger partial charge on any atom is 0.434 e. The molecule has 1 fully saturated rings. The number of nitrogens with one attached hydrogen (secondary N) is 3. The molecular formula is C15H22F3N5OS. The molecule has 2 rings (SSSR count). The number of amides is 1. The number of hydrogen-bond acceptors (Lipinski definition) is 4. The summed E-state index contributed by atoms with van der Waals surface area (Å²) in [5, 5.41) is 9.94. The molecular weight excluding hydrogens is 355 g/mol. The minimum atomic E-state index is -4.44. The van der Waals surface area contributed by atoms with Crippen molar-refractivity contribution in [2.45, 2.75) is 50.9 Å². The van der Waals surface area contributed by atoms with Crippen molar-refractivity contribution in [1.82, 2.24) is 20.9 Å². The van der Waals surface area contributed by atoms with Crippen LogP contribution in [0.2, 0.25) is 0 Å². The van der Waals surface area contributed by atoms with Crippen LogP contribution < -0.4 is 16.0 Å². The molecule has 0 spiro atoms. The van der Waals surface area contributed by atoms with E-state index in [-0.39, 0.29) is 25.0 Å². The number of aromatic nitrogens is 1. The number of hydrogen-bond donors (Lipinski definition) is 3. The Hall–Kier alpha value is -1.84. The number of halogens is 3. The smallest absolute Gasteiger partial charge is 0.352 e. The average Bonchev–Trinajstić information content (AvgIpc) is 3.05. The highest BCUT2D eigenvalue weighted by Gasteiger charge is 2.33. The minimum Gasteiger partial charge on any atom is -0.352 e. The number of carbonyl (C=O) groups excluding carboxylic acids is 1. The molecule has 1 saturated carbocycles. The summed E-state index contributed by atoms with van der Waals surface area (Å²) in [6.07, 6.45) is 1.05. The predicted molar refractivity (Wildman–Crippen MR) is 90.3 cm³/mol. The summed E-state index contributed by atoms with van der Waals surface area (Å²) in [6.45, 7) is 0.159. The van der Waals surface area contributed by atoms with Crippen molar-refractivity contribution in [2.24, 2.45) is 4.99 Å². The largest absolute Gasteiger partial charge is 0.434 e. The first-order chi connectivity index (χ1) is 11.9. The molecule has 1 aromatic heterocycles. The van der Waals surface area contributed by atoms with Gasteiger partial charge in [0.2, 0.25) is 5.91 Å². The molecule has 0 atom stereocenters. The first kappa shape index (κ1) is 19.5. The molecule has 0 aliphatic heterocycles. The van der Waals surface area contributed by atoms with Gasteiger partial charge in [-0.2, -0.15) is 13.2 Å². The van der Waals surface area contributed by atoms with Crippen LogP contribution in [-0.4, -0.2) is 36.5 Å². The first-order valence-electron chi connectivity index (χ1n) is 8.14. The Balaban J connectivity index is 1.73. The monoisotopic (exact) mass is 377 g/mol. The van der Waals surface area contributed by atoms with Gasteiger partial charge in [0.1, 0.15) is 5.01 Å². The van der Waals surface area contributed by atoms with Gasteiger partial charge in [0.25, 0.3) is 0 Å². The molecule has 1 aliphatic carbocycles. The predicted octanol–water partition coefficient (Wildman–Crippen LogP) is 2.28.